The average Bonchev–Trinajstić information content (AvgIpc) is 3.69. The van der Waals surface area contributed by atoms with Gasteiger partial charge >= 0.3 is 5.97 Å². The predicted molar refractivity (Wildman–Crippen MR) is 140 cm³/mol. The van der Waals surface area contributed by atoms with Crippen molar-refractivity contribution in [3.05, 3.63) is 80.7 Å². The molecule has 0 amide bonds. The number of ether oxygens (including phenoxy) is 1. The maximum absolute atomic E-state index is 13.6. The van der Waals surface area contributed by atoms with Gasteiger partial charge in [0.1, 0.15) is 6.10 Å². The highest BCUT2D eigenvalue weighted by Crippen LogP contribution is 2.52. The summed E-state index contributed by atoms with van der Waals surface area (Å²) < 4.78 is 7.33. The van der Waals surface area contributed by atoms with Crippen LogP contribution in [-0.4, -0.2) is 47.8 Å². The highest BCUT2D eigenvalue weighted by atomic mass is 32.1. The lowest BCUT2D eigenvalue weighted by Crippen LogP contribution is -2.58. The van der Waals surface area contributed by atoms with Gasteiger partial charge in [-0.2, -0.15) is 0 Å². The molecule has 0 spiro atoms. The van der Waals surface area contributed by atoms with Crippen LogP contribution in [0.5, 0.6) is 0 Å². The van der Waals surface area contributed by atoms with Crippen LogP contribution < -0.4 is 0 Å². The average molecular weight is 509 g/mol. The van der Waals surface area contributed by atoms with E-state index in [2.05, 4.69) is 37.4 Å². The molecule has 4 atom stereocenters. The summed E-state index contributed by atoms with van der Waals surface area (Å²) in [6, 6.07) is 18.9. The SMILES string of the molecule is C[N+]1(C2C3CC[C@@H]2[C@H](OC(=O)C(O)(c2cccs2)c2cccs2)C3)CCC(c2ccccc2)CC1. The first-order valence-corrected chi connectivity index (χ1v) is 14.7. The summed E-state index contributed by atoms with van der Waals surface area (Å²) in [5.74, 6) is 1.14. The highest BCUT2D eigenvalue weighted by molar-refractivity contribution is 7.12. The van der Waals surface area contributed by atoms with Gasteiger partial charge in [-0.05, 0) is 53.6 Å². The first-order chi connectivity index (χ1) is 17.0. The van der Waals surface area contributed by atoms with E-state index in [1.165, 1.54) is 60.6 Å². The molecule has 3 heterocycles. The van der Waals surface area contributed by atoms with Gasteiger partial charge in [0, 0.05) is 24.7 Å². The van der Waals surface area contributed by atoms with Crippen LogP contribution in [0.2, 0.25) is 0 Å². The maximum atomic E-state index is 13.6. The Balaban J connectivity index is 1.18. The number of hydrogen-bond donors (Lipinski definition) is 1. The Morgan fingerprint density at radius 3 is 2.20 bits per heavy atom. The van der Waals surface area contributed by atoms with Crippen LogP contribution >= 0.6 is 22.7 Å². The van der Waals surface area contributed by atoms with Gasteiger partial charge in [-0.1, -0.05) is 42.5 Å². The van der Waals surface area contributed by atoms with Gasteiger partial charge in [-0.15, -0.1) is 22.7 Å². The second-order valence-electron chi connectivity index (χ2n) is 10.9. The molecule has 2 unspecified atom stereocenters. The maximum Gasteiger partial charge on any atom is 0.349 e. The minimum Gasteiger partial charge on any atom is -0.459 e. The molecule has 0 radical (unpaired) electrons. The summed E-state index contributed by atoms with van der Waals surface area (Å²) >= 11 is 2.81. The topological polar surface area (TPSA) is 46.5 Å². The molecule has 1 aromatic carbocycles. The monoisotopic (exact) mass is 508 g/mol. The third-order valence-corrected chi connectivity index (χ3v) is 11.0. The summed E-state index contributed by atoms with van der Waals surface area (Å²) in [5.41, 5.74) is -0.243. The minimum atomic E-state index is -1.72. The van der Waals surface area contributed by atoms with E-state index in [1.54, 1.807) is 0 Å². The van der Waals surface area contributed by atoms with Crippen molar-refractivity contribution in [1.29, 1.82) is 0 Å². The second-order valence-corrected chi connectivity index (χ2v) is 12.8. The Morgan fingerprint density at radius 2 is 1.60 bits per heavy atom. The second kappa shape index (κ2) is 9.15. The largest absolute Gasteiger partial charge is 0.459 e. The molecular weight excluding hydrogens is 474 g/mol. The third-order valence-electron chi connectivity index (χ3n) is 9.08. The molecule has 4 nitrogen and oxygen atoms in total. The quantitative estimate of drug-likeness (QED) is 0.339. The van der Waals surface area contributed by atoms with E-state index in [0.717, 1.165) is 17.3 Å². The van der Waals surface area contributed by atoms with E-state index in [1.807, 2.05) is 35.0 Å². The van der Waals surface area contributed by atoms with Crippen molar-refractivity contribution in [3.63, 3.8) is 0 Å². The fourth-order valence-electron chi connectivity index (χ4n) is 7.37. The van der Waals surface area contributed by atoms with E-state index in [4.69, 9.17) is 4.74 Å². The lowest BCUT2D eigenvalue weighted by atomic mass is 9.86. The van der Waals surface area contributed by atoms with Crippen molar-refractivity contribution in [2.45, 2.75) is 55.8 Å². The standard InChI is InChI=1S/C29H34NO3S2/c1-30(15-13-21(14-16-30)20-7-3-2-4-8-20)27-22-11-12-23(27)24(19-22)33-28(31)29(32,25-9-5-17-34-25)26-10-6-18-35-26/h2-10,17-18,21-24,27,32H,11-16,19H2,1H3/q+1/t21?,22?,23-,24-,27?,30?/m1/s1. The van der Waals surface area contributed by atoms with E-state index in [0.29, 0.717) is 33.5 Å². The molecule has 2 aliphatic carbocycles. The van der Waals surface area contributed by atoms with Gasteiger partial charge in [0.15, 0.2) is 0 Å². The van der Waals surface area contributed by atoms with Gasteiger partial charge in [-0.3, -0.25) is 0 Å². The predicted octanol–water partition coefficient (Wildman–Crippen LogP) is 5.78. The van der Waals surface area contributed by atoms with E-state index >= 15 is 0 Å². The molecule has 1 aliphatic heterocycles. The van der Waals surface area contributed by atoms with Crippen molar-refractivity contribution in [2.75, 3.05) is 20.1 Å². The molecule has 35 heavy (non-hydrogen) atoms. The molecule has 3 fully saturated rings. The lowest BCUT2D eigenvalue weighted by molar-refractivity contribution is -0.942. The number of benzene rings is 1. The molecule has 2 aromatic heterocycles. The van der Waals surface area contributed by atoms with Crippen LogP contribution in [-0.2, 0) is 15.1 Å². The van der Waals surface area contributed by atoms with Gasteiger partial charge in [-0.25, -0.2) is 4.79 Å². The van der Waals surface area contributed by atoms with Crippen LogP contribution in [0.15, 0.2) is 65.4 Å². The Kier molecular flexibility index (Phi) is 6.12. The lowest BCUT2D eigenvalue weighted by Gasteiger charge is -2.47. The zero-order valence-corrected chi connectivity index (χ0v) is 21.8. The van der Waals surface area contributed by atoms with Crippen LogP contribution in [0.4, 0.5) is 0 Å². The smallest absolute Gasteiger partial charge is 0.349 e. The molecule has 184 valence electrons. The number of quaternary nitrogens is 1. The number of carbonyl (C=O) groups is 1. The zero-order chi connectivity index (χ0) is 24.0. The van der Waals surface area contributed by atoms with Crippen LogP contribution in [0.1, 0.15) is 53.3 Å². The summed E-state index contributed by atoms with van der Waals surface area (Å²) in [6.45, 7) is 2.37. The summed E-state index contributed by atoms with van der Waals surface area (Å²) in [7, 11) is 2.44. The van der Waals surface area contributed by atoms with Gasteiger partial charge < -0.3 is 14.3 Å². The number of thiophene rings is 2. The Bertz CT molecular complexity index is 1100. The first-order valence-electron chi connectivity index (χ1n) is 12.9. The van der Waals surface area contributed by atoms with E-state index in [9.17, 15) is 9.90 Å². The molecule has 6 rings (SSSR count). The Labute approximate surface area is 215 Å². The molecule has 1 saturated heterocycles. The molecule has 2 bridgehead atoms. The first kappa shape index (κ1) is 23.4. The zero-order valence-electron chi connectivity index (χ0n) is 20.2. The van der Waals surface area contributed by atoms with Gasteiger partial charge in [0.25, 0.3) is 0 Å². The number of esters is 1. The highest BCUT2D eigenvalue weighted by Gasteiger charge is 2.59. The third kappa shape index (κ3) is 3.99. The van der Waals surface area contributed by atoms with E-state index < -0.39 is 11.6 Å². The Morgan fingerprint density at radius 1 is 0.943 bits per heavy atom. The van der Waals surface area contributed by atoms with Crippen molar-refractivity contribution in [1.82, 2.24) is 0 Å². The van der Waals surface area contributed by atoms with Crippen LogP contribution in [0.25, 0.3) is 0 Å². The summed E-state index contributed by atoms with van der Waals surface area (Å²) in [5, 5.41) is 15.5. The van der Waals surface area contributed by atoms with Crippen LogP contribution in [0.3, 0.4) is 0 Å². The fourth-order valence-corrected chi connectivity index (χ4v) is 9.08. The number of rotatable bonds is 6. The number of nitrogens with zero attached hydrogens (tertiary/aromatic N) is 1. The number of carbonyl (C=O) groups excluding carboxylic acids is 1. The fraction of sp³-hybridized carbons (Fsp3) is 0.483. The number of fused-ring (bicyclic) bond motifs is 2. The van der Waals surface area contributed by atoms with Gasteiger partial charge in [0.05, 0.1) is 35.9 Å². The number of piperidine rings is 1. The molecule has 3 aliphatic rings. The summed E-state index contributed by atoms with van der Waals surface area (Å²) in [6.07, 6.45) is 5.63. The number of aliphatic hydroxyl groups is 1. The molecule has 6 heteroatoms. The number of likely N-dealkylation sites (tertiary alicyclic amines) is 1. The minimum absolute atomic E-state index is 0.0977. The molecule has 2 saturated carbocycles. The van der Waals surface area contributed by atoms with Gasteiger partial charge in [0.2, 0.25) is 5.60 Å². The molecular formula is C29H34NO3S2+. The summed E-state index contributed by atoms with van der Waals surface area (Å²) in [4.78, 5) is 14.9. The van der Waals surface area contributed by atoms with Crippen molar-refractivity contribution in [2.24, 2.45) is 11.8 Å². The van der Waals surface area contributed by atoms with Crippen molar-refractivity contribution >= 4 is 28.6 Å². The van der Waals surface area contributed by atoms with Crippen LogP contribution in [0, 0.1) is 11.8 Å². The van der Waals surface area contributed by atoms with E-state index in [-0.39, 0.29) is 6.10 Å². The molecule has 1 N–H and O–H groups in total. The number of hydrogen-bond acceptors (Lipinski definition) is 5. The Hall–Kier alpha value is -1.99. The van der Waals surface area contributed by atoms with Crippen molar-refractivity contribution < 1.29 is 19.1 Å². The molecule has 3 aromatic rings. The normalized spacial score (nSPS) is 32.6. The van der Waals surface area contributed by atoms with Crippen molar-refractivity contribution in [3.8, 4) is 0 Å².